The number of carbonyl (C=O) groups is 1. The minimum absolute atomic E-state index is 0.119. The number of aliphatic hydroxyl groups is 1. The molecule has 18 heavy (non-hydrogen) atoms. The van der Waals surface area contributed by atoms with Gasteiger partial charge in [-0.15, -0.1) is 0 Å². The van der Waals surface area contributed by atoms with Crippen LogP contribution in [-0.2, 0) is 0 Å². The third-order valence-corrected chi connectivity index (χ3v) is 3.49. The number of nitrogens with one attached hydrogen (secondary N) is 1. The van der Waals surface area contributed by atoms with Crippen LogP contribution >= 0.6 is 0 Å². The molecule has 0 spiro atoms. The van der Waals surface area contributed by atoms with Gasteiger partial charge in [-0.2, -0.15) is 0 Å². The van der Waals surface area contributed by atoms with Gasteiger partial charge < -0.3 is 10.4 Å². The van der Waals surface area contributed by atoms with Gasteiger partial charge in [-0.05, 0) is 25.0 Å². The molecule has 98 valence electrons. The lowest BCUT2D eigenvalue weighted by atomic mass is 9.94. The van der Waals surface area contributed by atoms with Crippen LogP contribution in [0.15, 0.2) is 24.5 Å². The molecule has 0 radical (unpaired) electrons. The zero-order valence-electron chi connectivity index (χ0n) is 10.5. The van der Waals surface area contributed by atoms with Crippen molar-refractivity contribution in [2.75, 3.05) is 0 Å². The van der Waals surface area contributed by atoms with Gasteiger partial charge in [0.15, 0.2) is 0 Å². The molecule has 0 saturated heterocycles. The Kier molecular flexibility index (Phi) is 4.70. The standard InChI is InChI=1S/C14H20N2O2/c17-13-6-4-2-1-3-5-12(13)16-14(18)11-7-9-15-10-8-11/h7-10,12-13,17H,1-6H2,(H,16,18)/t12-,13-/m0/s1. The van der Waals surface area contributed by atoms with Gasteiger partial charge >= 0.3 is 0 Å². The van der Waals surface area contributed by atoms with E-state index in [1.165, 1.54) is 12.8 Å². The zero-order valence-corrected chi connectivity index (χ0v) is 10.5. The summed E-state index contributed by atoms with van der Waals surface area (Å²) in [4.78, 5) is 15.9. The maximum atomic E-state index is 12.0. The molecule has 4 nitrogen and oxygen atoms in total. The van der Waals surface area contributed by atoms with E-state index in [1.54, 1.807) is 24.5 Å². The van der Waals surface area contributed by atoms with Crippen molar-refractivity contribution in [1.82, 2.24) is 10.3 Å². The van der Waals surface area contributed by atoms with Gasteiger partial charge in [0.2, 0.25) is 0 Å². The molecule has 1 amide bonds. The Bertz CT molecular complexity index is 381. The van der Waals surface area contributed by atoms with Crippen LogP contribution in [-0.4, -0.2) is 28.1 Å². The van der Waals surface area contributed by atoms with E-state index in [1.807, 2.05) is 0 Å². The molecule has 2 atom stereocenters. The first kappa shape index (κ1) is 13.0. The molecule has 0 aromatic carbocycles. The second-order valence-corrected chi connectivity index (χ2v) is 4.87. The summed E-state index contributed by atoms with van der Waals surface area (Å²) in [7, 11) is 0. The summed E-state index contributed by atoms with van der Waals surface area (Å²) in [6.45, 7) is 0. The molecular weight excluding hydrogens is 228 g/mol. The number of rotatable bonds is 2. The van der Waals surface area contributed by atoms with Gasteiger partial charge in [0.1, 0.15) is 0 Å². The van der Waals surface area contributed by atoms with Crippen LogP contribution in [0, 0.1) is 0 Å². The number of hydrogen-bond donors (Lipinski definition) is 2. The van der Waals surface area contributed by atoms with E-state index in [0.717, 1.165) is 25.7 Å². The Hall–Kier alpha value is -1.42. The van der Waals surface area contributed by atoms with Gasteiger partial charge in [0, 0.05) is 18.0 Å². The third kappa shape index (κ3) is 3.53. The Morgan fingerprint density at radius 2 is 1.83 bits per heavy atom. The van der Waals surface area contributed by atoms with Gasteiger partial charge in [0.05, 0.1) is 12.1 Å². The van der Waals surface area contributed by atoms with Crippen molar-refractivity contribution < 1.29 is 9.90 Å². The maximum Gasteiger partial charge on any atom is 0.251 e. The van der Waals surface area contributed by atoms with Crippen molar-refractivity contribution in [3.63, 3.8) is 0 Å². The molecule has 4 heteroatoms. The Balaban J connectivity index is 1.96. The molecule has 1 aromatic heterocycles. The Morgan fingerprint density at radius 1 is 1.17 bits per heavy atom. The fraction of sp³-hybridized carbons (Fsp3) is 0.571. The lowest BCUT2D eigenvalue weighted by Gasteiger charge is -2.26. The van der Waals surface area contributed by atoms with Gasteiger partial charge in [-0.3, -0.25) is 9.78 Å². The summed E-state index contributed by atoms with van der Waals surface area (Å²) in [5, 5.41) is 13.0. The molecule has 0 unspecified atom stereocenters. The van der Waals surface area contributed by atoms with Crippen molar-refractivity contribution in [2.45, 2.75) is 50.7 Å². The lowest BCUT2D eigenvalue weighted by Crippen LogP contribution is -2.43. The van der Waals surface area contributed by atoms with E-state index in [4.69, 9.17) is 0 Å². The number of nitrogens with zero attached hydrogens (tertiary/aromatic N) is 1. The van der Waals surface area contributed by atoms with Crippen LogP contribution < -0.4 is 5.32 Å². The molecular formula is C14H20N2O2. The summed E-state index contributed by atoms with van der Waals surface area (Å²) in [6, 6.07) is 3.25. The minimum atomic E-state index is -0.420. The first-order valence-electron chi connectivity index (χ1n) is 6.66. The van der Waals surface area contributed by atoms with Crippen molar-refractivity contribution >= 4 is 5.91 Å². The second-order valence-electron chi connectivity index (χ2n) is 4.87. The summed E-state index contributed by atoms with van der Waals surface area (Å²) < 4.78 is 0. The number of hydrogen-bond acceptors (Lipinski definition) is 3. The number of aromatic nitrogens is 1. The molecule has 1 heterocycles. The summed E-state index contributed by atoms with van der Waals surface area (Å²) in [6.07, 6.45) is 8.90. The number of carbonyl (C=O) groups excluding carboxylic acids is 1. The fourth-order valence-electron chi connectivity index (χ4n) is 2.39. The average molecular weight is 248 g/mol. The quantitative estimate of drug-likeness (QED) is 0.840. The monoisotopic (exact) mass is 248 g/mol. The highest BCUT2D eigenvalue weighted by atomic mass is 16.3. The SMILES string of the molecule is O=C(N[C@H]1CCCCCC[C@@H]1O)c1ccncc1. The maximum absolute atomic E-state index is 12.0. The van der Waals surface area contributed by atoms with Crippen molar-refractivity contribution in [3.8, 4) is 0 Å². The fourth-order valence-corrected chi connectivity index (χ4v) is 2.39. The number of pyridine rings is 1. The molecule has 1 aliphatic rings. The van der Waals surface area contributed by atoms with Crippen LogP contribution in [0.3, 0.4) is 0 Å². The summed E-state index contributed by atoms with van der Waals surface area (Å²) in [5.41, 5.74) is 0.597. The van der Waals surface area contributed by atoms with Crippen LogP contribution in [0.2, 0.25) is 0 Å². The molecule has 2 rings (SSSR count). The largest absolute Gasteiger partial charge is 0.391 e. The zero-order chi connectivity index (χ0) is 12.8. The molecule has 1 saturated carbocycles. The topological polar surface area (TPSA) is 62.2 Å². The van der Waals surface area contributed by atoms with Gasteiger partial charge in [-0.1, -0.05) is 25.7 Å². The molecule has 2 N–H and O–H groups in total. The van der Waals surface area contributed by atoms with E-state index in [0.29, 0.717) is 5.56 Å². The average Bonchev–Trinajstić information content (AvgIpc) is 2.39. The number of amides is 1. The number of aliphatic hydroxyl groups excluding tert-OH is 1. The smallest absolute Gasteiger partial charge is 0.251 e. The first-order valence-corrected chi connectivity index (χ1v) is 6.66. The van der Waals surface area contributed by atoms with Gasteiger partial charge in [0.25, 0.3) is 5.91 Å². The van der Waals surface area contributed by atoms with E-state index >= 15 is 0 Å². The van der Waals surface area contributed by atoms with Crippen LogP contribution in [0.25, 0.3) is 0 Å². The van der Waals surface area contributed by atoms with E-state index < -0.39 is 6.10 Å². The molecule has 0 bridgehead atoms. The highest BCUT2D eigenvalue weighted by molar-refractivity contribution is 5.94. The van der Waals surface area contributed by atoms with Crippen LogP contribution in [0.5, 0.6) is 0 Å². The normalized spacial score (nSPS) is 24.9. The Morgan fingerprint density at radius 3 is 2.56 bits per heavy atom. The van der Waals surface area contributed by atoms with Gasteiger partial charge in [-0.25, -0.2) is 0 Å². The van der Waals surface area contributed by atoms with Crippen LogP contribution in [0.1, 0.15) is 48.9 Å². The highest BCUT2D eigenvalue weighted by Gasteiger charge is 2.22. The van der Waals surface area contributed by atoms with E-state index in [2.05, 4.69) is 10.3 Å². The van der Waals surface area contributed by atoms with Crippen molar-refractivity contribution in [3.05, 3.63) is 30.1 Å². The second kappa shape index (κ2) is 6.50. The predicted molar refractivity (Wildman–Crippen MR) is 69.2 cm³/mol. The van der Waals surface area contributed by atoms with Crippen molar-refractivity contribution in [2.24, 2.45) is 0 Å². The Labute approximate surface area is 107 Å². The van der Waals surface area contributed by atoms with Crippen molar-refractivity contribution in [1.29, 1.82) is 0 Å². The lowest BCUT2D eigenvalue weighted by molar-refractivity contribution is 0.0771. The van der Waals surface area contributed by atoms with Crippen LogP contribution in [0.4, 0.5) is 0 Å². The molecule has 1 aliphatic carbocycles. The third-order valence-electron chi connectivity index (χ3n) is 3.49. The predicted octanol–water partition coefficient (Wildman–Crippen LogP) is 1.90. The summed E-state index contributed by atoms with van der Waals surface area (Å²) >= 11 is 0. The highest BCUT2D eigenvalue weighted by Crippen LogP contribution is 2.18. The van der Waals surface area contributed by atoms with E-state index in [-0.39, 0.29) is 11.9 Å². The minimum Gasteiger partial charge on any atom is -0.391 e. The van der Waals surface area contributed by atoms with E-state index in [9.17, 15) is 9.90 Å². The summed E-state index contributed by atoms with van der Waals surface area (Å²) in [5.74, 6) is -0.123. The molecule has 0 aliphatic heterocycles. The first-order chi connectivity index (χ1) is 8.77. The molecule has 1 aromatic rings. The molecule has 1 fully saturated rings.